The highest BCUT2D eigenvalue weighted by Crippen LogP contribution is 2.03. The fraction of sp³-hybridized carbons (Fsp3) is 0.308. The van der Waals surface area contributed by atoms with Crippen LogP contribution in [0.15, 0.2) is 31.1 Å². The lowest BCUT2D eigenvalue weighted by Crippen LogP contribution is -2.26. The summed E-state index contributed by atoms with van der Waals surface area (Å²) >= 11 is 0. The van der Waals surface area contributed by atoms with Gasteiger partial charge in [-0.15, -0.1) is 6.58 Å². The summed E-state index contributed by atoms with van der Waals surface area (Å²) in [5.74, 6) is -0.490. The number of carbonyl (C=O) groups is 2. The summed E-state index contributed by atoms with van der Waals surface area (Å²) in [6, 6.07) is 1.52. The molecule has 0 aromatic carbocycles. The van der Waals surface area contributed by atoms with Crippen molar-refractivity contribution < 1.29 is 9.59 Å². The van der Waals surface area contributed by atoms with Gasteiger partial charge in [0.1, 0.15) is 0 Å². The molecule has 96 valence electrons. The van der Waals surface area contributed by atoms with Crippen LogP contribution in [0.1, 0.15) is 34.1 Å². The largest absolute Gasteiger partial charge is 0.352 e. The molecule has 0 aliphatic rings. The monoisotopic (exact) mass is 247 g/mol. The molecule has 0 spiro atoms. The minimum atomic E-state index is -0.271. The summed E-state index contributed by atoms with van der Waals surface area (Å²) in [6.45, 7) is 6.46. The van der Waals surface area contributed by atoms with Crippen molar-refractivity contribution in [1.29, 1.82) is 0 Å². The van der Waals surface area contributed by atoms with Crippen LogP contribution < -0.4 is 10.6 Å². The topological polar surface area (TPSA) is 71.1 Å². The number of rotatable bonds is 6. The summed E-state index contributed by atoms with van der Waals surface area (Å²) in [5.41, 5.74) is 0.746. The molecule has 1 aromatic heterocycles. The number of nitrogens with zero attached hydrogens (tertiary/aromatic N) is 1. The first-order valence-electron chi connectivity index (χ1n) is 5.81. The summed E-state index contributed by atoms with van der Waals surface area (Å²) in [7, 11) is 0. The number of aromatic nitrogens is 1. The van der Waals surface area contributed by atoms with Gasteiger partial charge in [0.25, 0.3) is 11.8 Å². The van der Waals surface area contributed by atoms with Crippen LogP contribution >= 0.6 is 0 Å². The third-order valence-electron chi connectivity index (χ3n) is 2.21. The number of hydrogen-bond acceptors (Lipinski definition) is 3. The van der Waals surface area contributed by atoms with E-state index in [0.29, 0.717) is 24.2 Å². The highest BCUT2D eigenvalue weighted by Gasteiger charge is 2.10. The van der Waals surface area contributed by atoms with E-state index in [0.717, 1.165) is 6.42 Å². The minimum absolute atomic E-state index is 0.220. The van der Waals surface area contributed by atoms with Crippen LogP contribution in [0.4, 0.5) is 0 Å². The zero-order valence-electron chi connectivity index (χ0n) is 10.4. The van der Waals surface area contributed by atoms with Gasteiger partial charge in [-0.1, -0.05) is 13.0 Å². The van der Waals surface area contributed by atoms with Crippen molar-refractivity contribution in [2.75, 3.05) is 13.1 Å². The first-order chi connectivity index (χ1) is 8.69. The Morgan fingerprint density at radius 1 is 1.28 bits per heavy atom. The number of pyridine rings is 1. The normalized spacial score (nSPS) is 9.61. The highest BCUT2D eigenvalue weighted by molar-refractivity contribution is 5.99. The molecule has 5 nitrogen and oxygen atoms in total. The zero-order valence-corrected chi connectivity index (χ0v) is 10.4. The molecule has 0 atom stereocenters. The maximum atomic E-state index is 11.7. The van der Waals surface area contributed by atoms with E-state index in [1.165, 1.54) is 18.5 Å². The second-order valence-corrected chi connectivity index (χ2v) is 3.72. The molecular formula is C13H17N3O2. The Morgan fingerprint density at radius 2 is 1.89 bits per heavy atom. The molecule has 2 N–H and O–H groups in total. The molecule has 0 radical (unpaired) electrons. The van der Waals surface area contributed by atoms with E-state index in [4.69, 9.17) is 0 Å². The lowest BCUT2D eigenvalue weighted by atomic mass is 10.2. The Bertz CT molecular complexity index is 444. The van der Waals surface area contributed by atoms with Gasteiger partial charge in [-0.3, -0.25) is 14.6 Å². The molecule has 1 aromatic rings. The molecule has 1 rings (SSSR count). The molecule has 0 fully saturated rings. The number of amides is 2. The Morgan fingerprint density at radius 3 is 2.44 bits per heavy atom. The molecule has 0 saturated carbocycles. The lowest BCUT2D eigenvalue weighted by Gasteiger charge is -2.05. The van der Waals surface area contributed by atoms with Crippen LogP contribution in [0.25, 0.3) is 0 Å². The van der Waals surface area contributed by atoms with E-state index in [1.807, 2.05) is 6.92 Å². The van der Waals surface area contributed by atoms with Crippen molar-refractivity contribution in [3.8, 4) is 0 Å². The molecule has 2 amide bonds. The maximum absolute atomic E-state index is 11.7. The average Bonchev–Trinajstić information content (AvgIpc) is 2.42. The smallest absolute Gasteiger partial charge is 0.253 e. The van der Waals surface area contributed by atoms with Crippen LogP contribution in [-0.4, -0.2) is 29.9 Å². The van der Waals surface area contributed by atoms with Gasteiger partial charge >= 0.3 is 0 Å². The van der Waals surface area contributed by atoms with Gasteiger partial charge in [-0.2, -0.15) is 0 Å². The van der Waals surface area contributed by atoms with Crippen molar-refractivity contribution >= 4 is 11.8 Å². The van der Waals surface area contributed by atoms with Crippen molar-refractivity contribution in [2.45, 2.75) is 13.3 Å². The Labute approximate surface area is 106 Å². The van der Waals surface area contributed by atoms with Gasteiger partial charge < -0.3 is 10.6 Å². The van der Waals surface area contributed by atoms with Gasteiger partial charge in [0.05, 0.1) is 11.1 Å². The van der Waals surface area contributed by atoms with Crippen molar-refractivity contribution in [3.05, 3.63) is 42.2 Å². The SMILES string of the molecule is C=CCNC(=O)c1cncc(C(=O)NCCC)c1. The third kappa shape index (κ3) is 4.01. The van der Waals surface area contributed by atoms with Crippen LogP contribution in [0.5, 0.6) is 0 Å². The predicted octanol–water partition coefficient (Wildman–Crippen LogP) is 1.14. The van der Waals surface area contributed by atoms with Gasteiger partial charge in [0, 0.05) is 25.5 Å². The Hall–Kier alpha value is -2.17. The van der Waals surface area contributed by atoms with Gasteiger partial charge in [-0.25, -0.2) is 0 Å². The van der Waals surface area contributed by atoms with Gasteiger partial charge in [0.15, 0.2) is 0 Å². The summed E-state index contributed by atoms with van der Waals surface area (Å²) in [4.78, 5) is 27.3. The van der Waals surface area contributed by atoms with E-state index < -0.39 is 0 Å². The molecule has 0 saturated heterocycles. The molecule has 0 unspecified atom stereocenters. The quantitative estimate of drug-likeness (QED) is 0.740. The Kier molecular flexibility index (Phi) is 5.57. The molecular weight excluding hydrogens is 230 g/mol. The fourth-order valence-corrected chi connectivity index (χ4v) is 1.30. The molecule has 18 heavy (non-hydrogen) atoms. The molecule has 1 heterocycles. The second-order valence-electron chi connectivity index (χ2n) is 3.72. The summed E-state index contributed by atoms with van der Waals surface area (Å²) in [6.07, 6.45) is 5.31. The molecule has 0 bridgehead atoms. The Balaban J connectivity index is 2.75. The van der Waals surface area contributed by atoms with E-state index in [1.54, 1.807) is 6.08 Å². The lowest BCUT2D eigenvalue weighted by molar-refractivity contribution is 0.0953. The summed E-state index contributed by atoms with van der Waals surface area (Å²) in [5, 5.41) is 5.36. The molecule has 5 heteroatoms. The third-order valence-corrected chi connectivity index (χ3v) is 2.21. The van der Waals surface area contributed by atoms with Crippen molar-refractivity contribution in [3.63, 3.8) is 0 Å². The van der Waals surface area contributed by atoms with E-state index in [2.05, 4.69) is 22.2 Å². The van der Waals surface area contributed by atoms with Crippen LogP contribution in [0, 0.1) is 0 Å². The van der Waals surface area contributed by atoms with Gasteiger partial charge in [0.2, 0.25) is 0 Å². The van der Waals surface area contributed by atoms with Crippen molar-refractivity contribution in [2.24, 2.45) is 0 Å². The fourth-order valence-electron chi connectivity index (χ4n) is 1.30. The summed E-state index contributed by atoms with van der Waals surface area (Å²) < 4.78 is 0. The van der Waals surface area contributed by atoms with Crippen LogP contribution in [0.3, 0.4) is 0 Å². The van der Waals surface area contributed by atoms with Crippen LogP contribution in [-0.2, 0) is 0 Å². The first-order valence-corrected chi connectivity index (χ1v) is 5.81. The van der Waals surface area contributed by atoms with E-state index >= 15 is 0 Å². The molecule has 0 aliphatic carbocycles. The van der Waals surface area contributed by atoms with Gasteiger partial charge in [-0.05, 0) is 12.5 Å². The van der Waals surface area contributed by atoms with Crippen molar-refractivity contribution in [1.82, 2.24) is 15.6 Å². The maximum Gasteiger partial charge on any atom is 0.253 e. The molecule has 0 aliphatic heterocycles. The predicted molar refractivity (Wildman–Crippen MR) is 69.4 cm³/mol. The average molecular weight is 247 g/mol. The van der Waals surface area contributed by atoms with E-state index in [9.17, 15) is 9.59 Å². The number of hydrogen-bond donors (Lipinski definition) is 2. The highest BCUT2D eigenvalue weighted by atomic mass is 16.2. The van der Waals surface area contributed by atoms with Crippen LogP contribution in [0.2, 0.25) is 0 Å². The number of nitrogens with one attached hydrogen (secondary N) is 2. The zero-order chi connectivity index (χ0) is 13.4. The first kappa shape index (κ1) is 13.9. The number of carbonyl (C=O) groups excluding carboxylic acids is 2. The minimum Gasteiger partial charge on any atom is -0.352 e. The van der Waals surface area contributed by atoms with E-state index in [-0.39, 0.29) is 11.8 Å². The second kappa shape index (κ2) is 7.21. The standard InChI is InChI=1S/C13H17N3O2/c1-3-5-15-12(17)10-7-11(9-14-8-10)13(18)16-6-4-2/h3,7-9H,1,4-6H2,2H3,(H,15,17)(H,16,18).